The maximum absolute atomic E-state index is 5.32. The van der Waals surface area contributed by atoms with Crippen LogP contribution in [0.2, 0.25) is 0 Å². The van der Waals surface area contributed by atoms with Crippen LogP contribution >= 0.6 is 11.3 Å². The van der Waals surface area contributed by atoms with E-state index in [4.69, 9.17) is 34.9 Å². The van der Waals surface area contributed by atoms with Gasteiger partial charge in [-0.3, -0.25) is 30.0 Å². The van der Waals surface area contributed by atoms with Crippen molar-refractivity contribution in [2.75, 3.05) is 4.90 Å². The first-order chi connectivity index (χ1) is 26.4. The summed E-state index contributed by atoms with van der Waals surface area (Å²) >= 11 is 1.71. The molecule has 0 atom stereocenters. The molecule has 7 aromatic rings. The Morgan fingerprint density at radius 3 is 1.56 bits per heavy atom. The van der Waals surface area contributed by atoms with E-state index in [0.29, 0.717) is 0 Å². The molecular formula is C46H38N8S. The molecule has 0 saturated carbocycles. The van der Waals surface area contributed by atoms with Gasteiger partial charge >= 0.3 is 0 Å². The van der Waals surface area contributed by atoms with E-state index in [1.165, 1.54) is 4.70 Å². The number of aromatic nitrogens is 1. The largest absolute Gasteiger partial charge is 0.304 e. The van der Waals surface area contributed by atoms with E-state index in [-0.39, 0.29) is 0 Å². The van der Waals surface area contributed by atoms with E-state index < -0.39 is 17.0 Å². The Morgan fingerprint density at radius 1 is 0.418 bits per heavy atom. The van der Waals surface area contributed by atoms with Gasteiger partial charge in [-0.1, -0.05) is 72.8 Å². The molecule has 4 heterocycles. The van der Waals surface area contributed by atoms with Crippen molar-refractivity contribution in [2.45, 2.75) is 58.5 Å². The van der Waals surface area contributed by atoms with Gasteiger partial charge < -0.3 is 4.90 Å². The third kappa shape index (κ3) is 5.69. The van der Waals surface area contributed by atoms with Crippen LogP contribution in [-0.4, -0.2) is 22.0 Å². The van der Waals surface area contributed by atoms with Crippen LogP contribution in [0.1, 0.15) is 41.5 Å². The maximum Gasteiger partial charge on any atom is 0.146 e. The van der Waals surface area contributed by atoms with Gasteiger partial charge in [0.15, 0.2) is 0 Å². The fraction of sp³-hybridized carbons (Fsp3) is 0.196. The summed E-state index contributed by atoms with van der Waals surface area (Å²) in [5.74, 6) is 0. The Balaban J connectivity index is 1.20. The molecule has 10 rings (SSSR count). The van der Waals surface area contributed by atoms with E-state index >= 15 is 0 Å². The van der Waals surface area contributed by atoms with E-state index in [1.807, 2.05) is 32.0 Å². The molecule has 0 radical (unpaired) electrons. The number of hydrogen-bond donors (Lipinski definition) is 0. The molecule has 0 amide bonds. The van der Waals surface area contributed by atoms with Gasteiger partial charge in [-0.2, -0.15) is 0 Å². The highest BCUT2D eigenvalue weighted by Crippen LogP contribution is 2.34. The van der Waals surface area contributed by atoms with Crippen molar-refractivity contribution in [1.82, 2.24) is 4.98 Å². The van der Waals surface area contributed by atoms with Crippen molar-refractivity contribution < 1.29 is 0 Å². The topological polar surface area (TPSA) is 90.3 Å². The van der Waals surface area contributed by atoms with Crippen LogP contribution in [0.15, 0.2) is 151 Å². The van der Waals surface area contributed by atoms with Gasteiger partial charge in [0, 0.05) is 16.7 Å². The first kappa shape index (κ1) is 33.4. The molecule has 9 heteroatoms. The summed E-state index contributed by atoms with van der Waals surface area (Å²) in [7, 11) is 0. The highest BCUT2D eigenvalue weighted by Gasteiger charge is 2.31. The zero-order valence-corrected chi connectivity index (χ0v) is 32.3. The second kappa shape index (κ2) is 11.9. The van der Waals surface area contributed by atoms with Gasteiger partial charge in [-0.15, -0.1) is 11.3 Å². The summed E-state index contributed by atoms with van der Waals surface area (Å²) in [6.45, 7) is 12.3. The lowest BCUT2D eigenvalue weighted by atomic mass is 10.0. The Labute approximate surface area is 322 Å². The quantitative estimate of drug-likeness (QED) is 0.175. The van der Waals surface area contributed by atoms with E-state index in [9.17, 15) is 0 Å². The molecule has 0 unspecified atom stereocenters. The Kier molecular flexibility index (Phi) is 7.23. The van der Waals surface area contributed by atoms with Crippen molar-refractivity contribution in [3.63, 3.8) is 0 Å². The van der Waals surface area contributed by atoms with Crippen LogP contribution in [0.25, 0.3) is 43.0 Å². The van der Waals surface area contributed by atoms with Crippen LogP contribution in [0.3, 0.4) is 0 Å². The van der Waals surface area contributed by atoms with Crippen LogP contribution in [0.4, 0.5) is 17.1 Å². The summed E-state index contributed by atoms with van der Waals surface area (Å²) in [5, 5.41) is 6.07. The molecule has 0 N–H and O–H groups in total. The summed E-state index contributed by atoms with van der Waals surface area (Å²) < 4.78 is 1.18. The van der Waals surface area contributed by atoms with Gasteiger partial charge in [0.05, 0.1) is 43.4 Å². The zero-order valence-electron chi connectivity index (χ0n) is 31.5. The summed E-state index contributed by atoms with van der Waals surface area (Å²) in [4.78, 5) is 38.3. The van der Waals surface area contributed by atoms with Crippen LogP contribution < -0.4 is 37.0 Å². The monoisotopic (exact) mass is 734 g/mol. The van der Waals surface area contributed by atoms with Crippen molar-refractivity contribution in [3.8, 4) is 32.8 Å². The number of thiazole rings is 1. The molecule has 268 valence electrons. The summed E-state index contributed by atoms with van der Waals surface area (Å²) in [6.07, 6.45) is 0. The Hall–Kier alpha value is -6.19. The van der Waals surface area contributed by atoms with E-state index in [1.54, 1.807) is 11.3 Å². The summed E-state index contributed by atoms with van der Waals surface area (Å²) in [5.41, 5.74) is 7.13. The highest BCUT2D eigenvalue weighted by atomic mass is 32.1. The molecule has 3 aliphatic heterocycles. The van der Waals surface area contributed by atoms with Crippen molar-refractivity contribution >= 4 is 38.6 Å². The van der Waals surface area contributed by atoms with Crippen LogP contribution in [0.5, 0.6) is 0 Å². The molecular weight excluding hydrogens is 697 g/mol. The molecule has 0 aliphatic carbocycles. The number of para-hydroxylation sites is 2. The summed E-state index contributed by atoms with van der Waals surface area (Å²) in [6, 6.07) is 42.2. The number of benzene rings is 6. The van der Waals surface area contributed by atoms with Crippen molar-refractivity contribution in [3.05, 3.63) is 153 Å². The molecule has 8 nitrogen and oxygen atoms in total. The Morgan fingerprint density at radius 2 is 0.927 bits per heavy atom. The third-order valence-electron chi connectivity index (χ3n) is 10.1. The maximum atomic E-state index is 5.32. The van der Waals surface area contributed by atoms with Gasteiger partial charge in [-0.05, 0) is 101 Å². The average Bonchev–Trinajstić information content (AvgIpc) is 3.91. The molecule has 0 bridgehead atoms. The number of nitrogens with zero attached hydrogens (tertiary/aromatic N) is 8. The molecule has 55 heavy (non-hydrogen) atoms. The second-order valence-corrected chi connectivity index (χ2v) is 16.8. The number of anilines is 3. The first-order valence-electron chi connectivity index (χ1n) is 18.6. The smallest absolute Gasteiger partial charge is 0.146 e. The lowest BCUT2D eigenvalue weighted by Crippen LogP contribution is -2.38. The fourth-order valence-corrected chi connectivity index (χ4v) is 8.82. The molecule has 0 saturated heterocycles. The molecule has 0 fully saturated rings. The average molecular weight is 735 g/mol. The van der Waals surface area contributed by atoms with Gasteiger partial charge in [-0.25, -0.2) is 4.98 Å². The van der Waals surface area contributed by atoms with Gasteiger partial charge in [0.25, 0.3) is 0 Å². The second-order valence-electron chi connectivity index (χ2n) is 15.7. The highest BCUT2D eigenvalue weighted by molar-refractivity contribution is 7.21. The SMILES string of the molecule is CC1(C)N=c2cccc(N(c3ccc(-c4ccccc4)c4c3=NC(C)(C)N=4)c3ccc(-c4ccc(-c5nc6ccccc6s5)cc4)c4c3=NC(C)(C)N=4)c2=N1. The normalized spacial score (nSPS) is 16.4. The predicted molar refractivity (Wildman–Crippen MR) is 220 cm³/mol. The predicted octanol–water partition coefficient (Wildman–Crippen LogP) is 7.73. The van der Waals surface area contributed by atoms with Crippen molar-refractivity contribution in [2.24, 2.45) is 30.0 Å². The number of hydrogen-bond acceptors (Lipinski definition) is 9. The standard InChI is InChI=1S/C46H38N8S/c1-44(2)48-33-16-12-17-34(40(33)51-44)54(35-25-23-30(27-13-8-7-9-14-27)38-41(35)52-45(3,4)49-38)36-26-24-31(39-42(36)53-46(5,6)50-39)28-19-21-29(22-20-28)43-47-32-15-10-11-18-37(32)55-43/h7-26H,1-6H3. The minimum absolute atomic E-state index is 0.587. The van der Waals surface area contributed by atoms with Gasteiger partial charge in [0.2, 0.25) is 0 Å². The minimum atomic E-state index is -0.666. The van der Waals surface area contributed by atoms with Crippen LogP contribution in [-0.2, 0) is 0 Å². The third-order valence-corrected chi connectivity index (χ3v) is 11.2. The van der Waals surface area contributed by atoms with E-state index in [0.717, 1.165) is 87.5 Å². The number of rotatable bonds is 6. The van der Waals surface area contributed by atoms with Crippen LogP contribution in [0, 0.1) is 0 Å². The lowest BCUT2D eigenvalue weighted by molar-refractivity contribution is 0.549. The molecule has 3 aliphatic rings. The molecule has 1 aromatic heterocycles. The molecule has 0 spiro atoms. The van der Waals surface area contributed by atoms with Crippen molar-refractivity contribution in [1.29, 1.82) is 0 Å². The Bertz CT molecular complexity index is 3100. The molecule has 6 aromatic carbocycles. The minimum Gasteiger partial charge on any atom is -0.304 e. The lowest BCUT2D eigenvalue weighted by Gasteiger charge is -2.26. The first-order valence-corrected chi connectivity index (χ1v) is 19.4. The number of fused-ring (bicyclic) bond motifs is 4. The van der Waals surface area contributed by atoms with Gasteiger partial charge in [0.1, 0.15) is 38.1 Å². The van der Waals surface area contributed by atoms with E-state index in [2.05, 4.69) is 136 Å². The zero-order chi connectivity index (χ0) is 37.7. The fourth-order valence-electron chi connectivity index (χ4n) is 7.85.